The Labute approximate surface area is 115 Å². The van der Waals surface area contributed by atoms with Crippen LogP contribution in [-0.4, -0.2) is 21.7 Å². The minimum absolute atomic E-state index is 0. The standard InChI is InChI=1S/C10H10Cl2N4.ClH/c11-7-2-1-6(5-8(7)12)10-14-9(3-4-13)15-16-10;/h1-2,5H,3-4,13H2,(H,14,15,16);1H. The van der Waals surface area contributed by atoms with Gasteiger partial charge in [-0.05, 0) is 24.7 Å². The molecule has 92 valence electrons. The van der Waals surface area contributed by atoms with Gasteiger partial charge in [0, 0.05) is 12.0 Å². The van der Waals surface area contributed by atoms with Crippen molar-refractivity contribution in [1.82, 2.24) is 15.2 Å². The van der Waals surface area contributed by atoms with E-state index in [4.69, 9.17) is 28.9 Å². The van der Waals surface area contributed by atoms with Gasteiger partial charge < -0.3 is 5.73 Å². The van der Waals surface area contributed by atoms with E-state index in [2.05, 4.69) is 15.2 Å². The molecule has 0 unspecified atom stereocenters. The zero-order valence-electron chi connectivity index (χ0n) is 8.78. The molecular weight excluding hydrogens is 282 g/mol. The number of nitrogens with zero attached hydrogens (tertiary/aromatic N) is 2. The third-order valence-corrected chi connectivity index (χ3v) is 2.83. The lowest BCUT2D eigenvalue weighted by Gasteiger charge is -1.97. The van der Waals surface area contributed by atoms with Crippen LogP contribution in [0.4, 0.5) is 0 Å². The molecule has 0 aliphatic heterocycles. The summed E-state index contributed by atoms with van der Waals surface area (Å²) < 4.78 is 0. The van der Waals surface area contributed by atoms with E-state index in [1.54, 1.807) is 12.1 Å². The van der Waals surface area contributed by atoms with Crippen LogP contribution in [0.15, 0.2) is 18.2 Å². The Bertz CT molecular complexity index is 498. The Balaban J connectivity index is 0.00000144. The number of hydrogen-bond acceptors (Lipinski definition) is 3. The minimum Gasteiger partial charge on any atom is -0.330 e. The van der Waals surface area contributed by atoms with Crippen LogP contribution in [0.5, 0.6) is 0 Å². The summed E-state index contributed by atoms with van der Waals surface area (Å²) in [6.07, 6.45) is 0.675. The van der Waals surface area contributed by atoms with Crippen LogP contribution in [0.25, 0.3) is 11.4 Å². The van der Waals surface area contributed by atoms with E-state index in [0.717, 1.165) is 11.4 Å². The van der Waals surface area contributed by atoms with Gasteiger partial charge in [-0.3, -0.25) is 5.10 Å². The van der Waals surface area contributed by atoms with Crippen molar-refractivity contribution in [3.8, 4) is 11.4 Å². The molecule has 2 aromatic rings. The first-order valence-corrected chi connectivity index (χ1v) is 5.53. The van der Waals surface area contributed by atoms with Gasteiger partial charge in [-0.15, -0.1) is 12.4 Å². The first-order valence-electron chi connectivity index (χ1n) is 4.77. The SMILES string of the molecule is Cl.NCCc1nc(-c2ccc(Cl)c(Cl)c2)n[nH]1. The quantitative estimate of drug-likeness (QED) is 0.914. The molecule has 4 nitrogen and oxygen atoms in total. The first-order chi connectivity index (χ1) is 7.70. The smallest absolute Gasteiger partial charge is 0.181 e. The van der Waals surface area contributed by atoms with Crippen LogP contribution in [0.2, 0.25) is 10.0 Å². The number of aromatic nitrogens is 3. The number of nitrogens with one attached hydrogen (secondary N) is 1. The van der Waals surface area contributed by atoms with E-state index >= 15 is 0 Å². The van der Waals surface area contributed by atoms with Crippen LogP contribution in [0.1, 0.15) is 5.82 Å². The fourth-order valence-corrected chi connectivity index (χ4v) is 1.61. The van der Waals surface area contributed by atoms with Crippen molar-refractivity contribution < 1.29 is 0 Å². The molecule has 17 heavy (non-hydrogen) atoms. The van der Waals surface area contributed by atoms with Crippen LogP contribution >= 0.6 is 35.6 Å². The fraction of sp³-hybridized carbons (Fsp3) is 0.200. The third-order valence-electron chi connectivity index (χ3n) is 2.09. The zero-order valence-corrected chi connectivity index (χ0v) is 11.1. The lowest BCUT2D eigenvalue weighted by atomic mass is 10.2. The van der Waals surface area contributed by atoms with Gasteiger partial charge in [-0.25, -0.2) is 4.98 Å². The second kappa shape index (κ2) is 6.21. The largest absolute Gasteiger partial charge is 0.330 e. The van der Waals surface area contributed by atoms with Gasteiger partial charge in [-0.2, -0.15) is 5.10 Å². The van der Waals surface area contributed by atoms with Crippen LogP contribution in [-0.2, 0) is 6.42 Å². The van der Waals surface area contributed by atoms with E-state index in [0.29, 0.717) is 28.8 Å². The maximum Gasteiger partial charge on any atom is 0.181 e. The summed E-state index contributed by atoms with van der Waals surface area (Å²) in [4.78, 5) is 4.29. The number of H-pyrrole nitrogens is 1. The highest BCUT2D eigenvalue weighted by Crippen LogP contribution is 2.26. The van der Waals surface area contributed by atoms with E-state index < -0.39 is 0 Å². The molecule has 0 atom stereocenters. The number of benzene rings is 1. The van der Waals surface area contributed by atoms with E-state index in [9.17, 15) is 0 Å². The Morgan fingerprint density at radius 3 is 2.65 bits per heavy atom. The summed E-state index contributed by atoms with van der Waals surface area (Å²) >= 11 is 11.7. The van der Waals surface area contributed by atoms with Gasteiger partial charge in [0.25, 0.3) is 0 Å². The molecule has 2 rings (SSSR count). The molecule has 1 heterocycles. The minimum atomic E-state index is 0. The molecule has 0 radical (unpaired) electrons. The Morgan fingerprint density at radius 2 is 2.00 bits per heavy atom. The van der Waals surface area contributed by atoms with E-state index in [-0.39, 0.29) is 12.4 Å². The molecule has 0 aliphatic carbocycles. The van der Waals surface area contributed by atoms with Crippen LogP contribution < -0.4 is 5.73 Å². The predicted molar refractivity (Wildman–Crippen MR) is 71.8 cm³/mol. The highest BCUT2D eigenvalue weighted by atomic mass is 35.5. The van der Waals surface area contributed by atoms with Crippen molar-refractivity contribution in [2.24, 2.45) is 5.73 Å². The highest BCUT2D eigenvalue weighted by Gasteiger charge is 2.07. The van der Waals surface area contributed by atoms with Gasteiger partial charge in [-0.1, -0.05) is 23.2 Å². The van der Waals surface area contributed by atoms with Gasteiger partial charge in [0.15, 0.2) is 5.82 Å². The Hall–Kier alpha value is -0.810. The van der Waals surface area contributed by atoms with Crippen molar-refractivity contribution in [3.63, 3.8) is 0 Å². The number of aromatic amines is 1. The number of rotatable bonds is 3. The number of hydrogen-bond donors (Lipinski definition) is 2. The summed E-state index contributed by atoms with van der Waals surface area (Å²) in [6.45, 7) is 0.538. The average Bonchev–Trinajstić information content (AvgIpc) is 2.71. The predicted octanol–water partition coefficient (Wildman–Crippen LogP) is 2.70. The molecule has 0 bridgehead atoms. The summed E-state index contributed by atoms with van der Waals surface area (Å²) in [5, 5.41) is 7.91. The van der Waals surface area contributed by atoms with Crippen molar-refractivity contribution in [2.75, 3.05) is 6.54 Å². The molecule has 0 saturated heterocycles. The molecule has 3 N–H and O–H groups in total. The molecule has 0 aliphatic rings. The van der Waals surface area contributed by atoms with Crippen molar-refractivity contribution in [2.45, 2.75) is 6.42 Å². The average molecular weight is 294 g/mol. The van der Waals surface area contributed by atoms with E-state index in [1.165, 1.54) is 0 Å². The maximum atomic E-state index is 5.91. The van der Waals surface area contributed by atoms with Gasteiger partial charge >= 0.3 is 0 Å². The highest BCUT2D eigenvalue weighted by molar-refractivity contribution is 6.42. The van der Waals surface area contributed by atoms with E-state index in [1.807, 2.05) is 6.07 Å². The Kier molecular flexibility index (Phi) is 5.21. The summed E-state index contributed by atoms with van der Waals surface area (Å²) in [5.74, 6) is 1.37. The molecule has 0 saturated carbocycles. The molecule has 1 aromatic carbocycles. The Morgan fingerprint density at radius 1 is 1.24 bits per heavy atom. The van der Waals surface area contributed by atoms with Crippen molar-refractivity contribution in [1.29, 1.82) is 0 Å². The van der Waals surface area contributed by atoms with Crippen molar-refractivity contribution in [3.05, 3.63) is 34.1 Å². The van der Waals surface area contributed by atoms with Gasteiger partial charge in [0.05, 0.1) is 10.0 Å². The summed E-state index contributed by atoms with van der Waals surface area (Å²) in [7, 11) is 0. The topological polar surface area (TPSA) is 67.6 Å². The van der Waals surface area contributed by atoms with Gasteiger partial charge in [0.2, 0.25) is 0 Å². The normalized spacial score (nSPS) is 10.1. The number of halogens is 3. The monoisotopic (exact) mass is 292 g/mol. The third kappa shape index (κ3) is 3.33. The van der Waals surface area contributed by atoms with Crippen molar-refractivity contribution >= 4 is 35.6 Å². The second-order valence-corrected chi connectivity index (χ2v) is 4.09. The summed E-state index contributed by atoms with van der Waals surface area (Å²) in [5.41, 5.74) is 6.25. The lowest BCUT2D eigenvalue weighted by Crippen LogP contribution is -2.03. The fourth-order valence-electron chi connectivity index (χ4n) is 1.31. The van der Waals surface area contributed by atoms with Crippen LogP contribution in [0.3, 0.4) is 0 Å². The van der Waals surface area contributed by atoms with Gasteiger partial charge in [0.1, 0.15) is 5.82 Å². The molecule has 1 aromatic heterocycles. The second-order valence-electron chi connectivity index (χ2n) is 3.27. The molecular formula is C10H11Cl3N4. The maximum absolute atomic E-state index is 5.91. The molecule has 7 heteroatoms. The first kappa shape index (κ1) is 14.3. The molecule has 0 fully saturated rings. The molecule has 0 amide bonds. The molecule has 0 spiro atoms. The number of nitrogens with two attached hydrogens (primary N) is 1. The summed E-state index contributed by atoms with van der Waals surface area (Å²) in [6, 6.07) is 5.28. The zero-order chi connectivity index (χ0) is 11.5. The lowest BCUT2D eigenvalue weighted by molar-refractivity contribution is 0.874. The van der Waals surface area contributed by atoms with Crippen LogP contribution in [0, 0.1) is 0 Å².